The van der Waals surface area contributed by atoms with Gasteiger partial charge in [0.05, 0.1) is 35.5 Å². The first-order valence-electron chi connectivity index (χ1n) is 6.63. The molecular weight excluding hydrogens is 260 g/mol. The zero-order valence-corrected chi connectivity index (χ0v) is 11.1. The summed E-state index contributed by atoms with van der Waals surface area (Å²) >= 11 is 0. The minimum atomic E-state index is -0.397. The quantitative estimate of drug-likeness (QED) is 0.621. The molecule has 7 nitrogen and oxygen atoms in total. The van der Waals surface area contributed by atoms with Gasteiger partial charge in [0.1, 0.15) is 0 Å². The van der Waals surface area contributed by atoms with Gasteiger partial charge < -0.3 is 9.30 Å². The molecule has 1 aliphatic rings. The maximum absolute atomic E-state index is 10.7. The van der Waals surface area contributed by atoms with E-state index in [9.17, 15) is 10.1 Å². The van der Waals surface area contributed by atoms with E-state index in [1.807, 2.05) is 4.57 Å². The molecule has 0 saturated carbocycles. The number of nitro groups is 1. The van der Waals surface area contributed by atoms with E-state index in [4.69, 9.17) is 4.74 Å². The van der Waals surface area contributed by atoms with Crippen molar-refractivity contribution in [2.45, 2.75) is 6.54 Å². The number of hydrogen-bond donors (Lipinski definition) is 0. The van der Waals surface area contributed by atoms with Crippen LogP contribution in [0.3, 0.4) is 0 Å². The number of benzene rings is 1. The topological polar surface area (TPSA) is 73.4 Å². The van der Waals surface area contributed by atoms with Gasteiger partial charge in [0.2, 0.25) is 0 Å². The molecule has 0 atom stereocenters. The summed E-state index contributed by atoms with van der Waals surface area (Å²) in [6, 6.07) is 4.80. The largest absolute Gasteiger partial charge is 0.379 e. The van der Waals surface area contributed by atoms with Crippen molar-refractivity contribution in [3.05, 3.63) is 34.6 Å². The van der Waals surface area contributed by atoms with E-state index in [1.54, 1.807) is 12.4 Å². The number of aromatic nitrogens is 2. The third-order valence-electron chi connectivity index (χ3n) is 3.58. The van der Waals surface area contributed by atoms with E-state index >= 15 is 0 Å². The molecule has 20 heavy (non-hydrogen) atoms. The lowest BCUT2D eigenvalue weighted by molar-refractivity contribution is -0.384. The molecule has 0 aliphatic carbocycles. The number of imidazole rings is 1. The molecule has 1 saturated heterocycles. The highest BCUT2D eigenvalue weighted by Crippen LogP contribution is 2.19. The Bertz CT molecular complexity index is 619. The van der Waals surface area contributed by atoms with Crippen LogP contribution in [0.4, 0.5) is 5.69 Å². The Balaban J connectivity index is 1.73. The predicted molar refractivity (Wildman–Crippen MR) is 73.6 cm³/mol. The Labute approximate surface area is 115 Å². The molecule has 2 aromatic rings. The van der Waals surface area contributed by atoms with Gasteiger partial charge in [-0.3, -0.25) is 15.0 Å². The van der Waals surface area contributed by atoms with E-state index in [0.29, 0.717) is 5.52 Å². The smallest absolute Gasteiger partial charge is 0.271 e. The van der Waals surface area contributed by atoms with Crippen molar-refractivity contribution in [3.8, 4) is 0 Å². The molecule has 1 aliphatic heterocycles. The van der Waals surface area contributed by atoms with Gasteiger partial charge in [0, 0.05) is 38.3 Å². The summed E-state index contributed by atoms with van der Waals surface area (Å²) in [6.45, 7) is 5.25. The third-order valence-corrected chi connectivity index (χ3v) is 3.58. The number of nitro benzene ring substituents is 1. The van der Waals surface area contributed by atoms with E-state index in [2.05, 4.69) is 9.88 Å². The van der Waals surface area contributed by atoms with Crippen molar-refractivity contribution in [3.63, 3.8) is 0 Å². The highest BCUT2D eigenvalue weighted by molar-refractivity contribution is 5.77. The van der Waals surface area contributed by atoms with E-state index < -0.39 is 4.92 Å². The van der Waals surface area contributed by atoms with Gasteiger partial charge in [-0.05, 0) is 6.07 Å². The summed E-state index contributed by atoms with van der Waals surface area (Å²) in [4.78, 5) is 16.9. The first-order chi connectivity index (χ1) is 9.74. The fraction of sp³-hybridized carbons (Fsp3) is 0.462. The average molecular weight is 276 g/mol. The van der Waals surface area contributed by atoms with Crippen LogP contribution in [0.25, 0.3) is 11.0 Å². The summed E-state index contributed by atoms with van der Waals surface area (Å²) in [7, 11) is 0. The zero-order valence-electron chi connectivity index (χ0n) is 11.1. The minimum Gasteiger partial charge on any atom is -0.379 e. The van der Waals surface area contributed by atoms with Gasteiger partial charge in [-0.25, -0.2) is 4.98 Å². The molecule has 7 heteroatoms. The first kappa shape index (κ1) is 13.0. The number of morpholine rings is 1. The van der Waals surface area contributed by atoms with Crippen LogP contribution in [0.2, 0.25) is 0 Å². The summed E-state index contributed by atoms with van der Waals surface area (Å²) in [6.07, 6.45) is 1.74. The van der Waals surface area contributed by atoms with Crippen LogP contribution < -0.4 is 0 Å². The summed E-state index contributed by atoms with van der Waals surface area (Å²) in [5, 5.41) is 10.7. The first-order valence-corrected chi connectivity index (χ1v) is 6.63. The number of nitrogens with zero attached hydrogens (tertiary/aromatic N) is 4. The van der Waals surface area contributed by atoms with Crippen molar-refractivity contribution in [1.82, 2.24) is 14.5 Å². The number of rotatable bonds is 4. The molecule has 0 radical (unpaired) electrons. The van der Waals surface area contributed by atoms with Crippen LogP contribution in [0, 0.1) is 10.1 Å². The SMILES string of the molecule is O=[N+]([O-])c1ccc2c(c1)ncn2CCN1CCOCC1. The molecule has 0 bridgehead atoms. The molecule has 0 amide bonds. The number of ether oxygens (including phenoxy) is 1. The number of non-ortho nitro benzene ring substituents is 1. The second-order valence-corrected chi connectivity index (χ2v) is 4.82. The standard InChI is InChI=1S/C13H16N4O3/c18-17(19)11-1-2-13-12(9-11)14-10-16(13)4-3-15-5-7-20-8-6-15/h1-2,9-10H,3-8H2. The van der Waals surface area contributed by atoms with Gasteiger partial charge >= 0.3 is 0 Å². The molecule has 106 valence electrons. The summed E-state index contributed by atoms with van der Waals surface area (Å²) in [5.41, 5.74) is 1.68. The summed E-state index contributed by atoms with van der Waals surface area (Å²) in [5.74, 6) is 0. The molecule has 1 aromatic carbocycles. The predicted octanol–water partition coefficient (Wildman–Crippen LogP) is 1.28. The maximum Gasteiger partial charge on any atom is 0.271 e. The molecule has 0 unspecified atom stereocenters. The normalized spacial score (nSPS) is 16.6. The lowest BCUT2D eigenvalue weighted by atomic mass is 10.3. The fourth-order valence-corrected chi connectivity index (χ4v) is 2.42. The van der Waals surface area contributed by atoms with Gasteiger partial charge in [-0.1, -0.05) is 0 Å². The lowest BCUT2D eigenvalue weighted by Crippen LogP contribution is -2.38. The highest BCUT2D eigenvalue weighted by Gasteiger charge is 2.12. The zero-order chi connectivity index (χ0) is 13.9. The van der Waals surface area contributed by atoms with Crippen LogP contribution in [0.5, 0.6) is 0 Å². The van der Waals surface area contributed by atoms with Gasteiger partial charge in [-0.15, -0.1) is 0 Å². The van der Waals surface area contributed by atoms with Crippen molar-refractivity contribution in [2.75, 3.05) is 32.8 Å². The van der Waals surface area contributed by atoms with Crippen LogP contribution in [-0.4, -0.2) is 52.2 Å². The Morgan fingerprint density at radius 1 is 1.30 bits per heavy atom. The van der Waals surface area contributed by atoms with Gasteiger partial charge in [-0.2, -0.15) is 0 Å². The van der Waals surface area contributed by atoms with E-state index in [0.717, 1.165) is 44.9 Å². The molecule has 3 rings (SSSR count). The van der Waals surface area contributed by atoms with E-state index in [1.165, 1.54) is 12.1 Å². The monoisotopic (exact) mass is 276 g/mol. The molecule has 0 N–H and O–H groups in total. The average Bonchev–Trinajstić information content (AvgIpc) is 2.88. The third kappa shape index (κ3) is 2.63. The Morgan fingerprint density at radius 3 is 2.85 bits per heavy atom. The Morgan fingerprint density at radius 2 is 2.10 bits per heavy atom. The van der Waals surface area contributed by atoms with Crippen LogP contribution in [0.15, 0.2) is 24.5 Å². The number of hydrogen-bond acceptors (Lipinski definition) is 5. The molecular formula is C13H16N4O3. The molecule has 1 aromatic heterocycles. The maximum atomic E-state index is 10.7. The summed E-state index contributed by atoms with van der Waals surface area (Å²) < 4.78 is 7.35. The van der Waals surface area contributed by atoms with Crippen molar-refractivity contribution >= 4 is 16.7 Å². The van der Waals surface area contributed by atoms with Crippen LogP contribution in [-0.2, 0) is 11.3 Å². The highest BCUT2D eigenvalue weighted by atomic mass is 16.6. The Hall–Kier alpha value is -1.99. The van der Waals surface area contributed by atoms with Crippen LogP contribution in [0.1, 0.15) is 0 Å². The lowest BCUT2D eigenvalue weighted by Gasteiger charge is -2.26. The Kier molecular flexibility index (Phi) is 3.62. The van der Waals surface area contributed by atoms with E-state index in [-0.39, 0.29) is 5.69 Å². The minimum absolute atomic E-state index is 0.0796. The second-order valence-electron chi connectivity index (χ2n) is 4.82. The van der Waals surface area contributed by atoms with Crippen molar-refractivity contribution in [1.29, 1.82) is 0 Å². The molecule has 1 fully saturated rings. The molecule has 2 heterocycles. The number of fused-ring (bicyclic) bond motifs is 1. The fourth-order valence-electron chi connectivity index (χ4n) is 2.42. The van der Waals surface area contributed by atoms with Gasteiger partial charge in [0.15, 0.2) is 0 Å². The second kappa shape index (κ2) is 5.56. The molecule has 0 spiro atoms. The van der Waals surface area contributed by atoms with Crippen molar-refractivity contribution in [2.24, 2.45) is 0 Å². The van der Waals surface area contributed by atoms with Crippen LogP contribution >= 0.6 is 0 Å². The van der Waals surface area contributed by atoms with Gasteiger partial charge in [0.25, 0.3) is 5.69 Å². The van der Waals surface area contributed by atoms with Crippen molar-refractivity contribution < 1.29 is 9.66 Å².